The molecule has 2 aliphatic rings. The normalized spacial score (nSPS) is 25.1. The van der Waals surface area contributed by atoms with Crippen LogP contribution in [-0.4, -0.2) is 27.3 Å². The quantitative estimate of drug-likeness (QED) is 0.817. The van der Waals surface area contributed by atoms with Gasteiger partial charge in [0, 0.05) is 12.6 Å². The van der Waals surface area contributed by atoms with Crippen molar-refractivity contribution in [2.45, 2.75) is 38.1 Å². The molecule has 1 saturated carbocycles. The van der Waals surface area contributed by atoms with Gasteiger partial charge in [0.25, 0.3) is 0 Å². The van der Waals surface area contributed by atoms with Crippen LogP contribution in [0.4, 0.5) is 5.69 Å². The van der Waals surface area contributed by atoms with Crippen LogP contribution in [0.1, 0.15) is 49.3 Å². The highest BCUT2D eigenvalue weighted by Gasteiger charge is 2.31. The lowest BCUT2D eigenvalue weighted by atomic mass is 9.71. The maximum Gasteiger partial charge on any atom is 0.235 e. The van der Waals surface area contributed by atoms with E-state index in [-0.39, 0.29) is 11.8 Å². The molecule has 1 heterocycles. The third-order valence-corrected chi connectivity index (χ3v) is 7.85. The fourth-order valence-electron chi connectivity index (χ4n) is 4.24. The van der Waals surface area contributed by atoms with Crippen molar-refractivity contribution in [3.05, 3.63) is 65.7 Å². The first kappa shape index (κ1) is 18.5. The molecule has 2 fully saturated rings. The summed E-state index contributed by atoms with van der Waals surface area (Å²) >= 11 is 0. The Balaban J connectivity index is 1.32. The summed E-state index contributed by atoms with van der Waals surface area (Å²) in [4.78, 5) is 0. The molecule has 2 aromatic rings. The molecule has 5 heteroatoms. The summed E-state index contributed by atoms with van der Waals surface area (Å²) in [5.41, 5.74) is 3.40. The number of nitrogens with one attached hydrogen (secondary N) is 1. The largest absolute Gasteiger partial charge is 0.310 e. The van der Waals surface area contributed by atoms with E-state index in [0.717, 1.165) is 23.7 Å². The molecule has 144 valence electrons. The number of benzene rings is 2. The van der Waals surface area contributed by atoms with Crippen molar-refractivity contribution >= 4 is 15.7 Å². The third-order valence-electron chi connectivity index (χ3n) is 5.98. The molecule has 0 amide bonds. The van der Waals surface area contributed by atoms with Crippen molar-refractivity contribution in [2.24, 2.45) is 5.92 Å². The van der Waals surface area contributed by atoms with E-state index in [1.54, 1.807) is 4.31 Å². The van der Waals surface area contributed by atoms with Gasteiger partial charge in [-0.05, 0) is 67.8 Å². The van der Waals surface area contributed by atoms with E-state index in [9.17, 15) is 8.42 Å². The number of hydrogen-bond donors (Lipinski definition) is 1. The lowest BCUT2D eigenvalue weighted by Crippen LogP contribution is -2.33. The van der Waals surface area contributed by atoms with Gasteiger partial charge in [-0.2, -0.15) is 0 Å². The molecule has 2 aromatic carbocycles. The molecule has 1 aliphatic carbocycles. The van der Waals surface area contributed by atoms with Gasteiger partial charge in [0.15, 0.2) is 0 Å². The van der Waals surface area contributed by atoms with E-state index < -0.39 is 10.0 Å². The summed E-state index contributed by atoms with van der Waals surface area (Å²) in [6.07, 6.45) is 3.20. The molecule has 1 atom stereocenters. The number of anilines is 1. The minimum absolute atomic E-state index is 0.214. The van der Waals surface area contributed by atoms with E-state index >= 15 is 0 Å². The van der Waals surface area contributed by atoms with Gasteiger partial charge in [-0.1, -0.05) is 42.5 Å². The summed E-state index contributed by atoms with van der Waals surface area (Å²) in [7, 11) is -3.12. The maximum absolute atomic E-state index is 12.2. The lowest BCUT2D eigenvalue weighted by Gasteiger charge is -2.36. The molecule has 27 heavy (non-hydrogen) atoms. The topological polar surface area (TPSA) is 49.4 Å². The Morgan fingerprint density at radius 2 is 1.89 bits per heavy atom. The van der Waals surface area contributed by atoms with Crippen LogP contribution in [0.5, 0.6) is 0 Å². The van der Waals surface area contributed by atoms with E-state index in [1.165, 1.54) is 18.4 Å². The molecule has 1 saturated heterocycles. The number of rotatable bonds is 6. The van der Waals surface area contributed by atoms with Gasteiger partial charge in [-0.3, -0.25) is 4.31 Å². The smallest absolute Gasteiger partial charge is 0.235 e. The molecule has 1 N–H and O–H groups in total. The van der Waals surface area contributed by atoms with Crippen molar-refractivity contribution in [3.63, 3.8) is 0 Å². The second-order valence-electron chi connectivity index (χ2n) is 7.91. The van der Waals surface area contributed by atoms with E-state index in [1.807, 2.05) is 18.2 Å². The van der Waals surface area contributed by atoms with Gasteiger partial charge >= 0.3 is 0 Å². The minimum Gasteiger partial charge on any atom is -0.310 e. The van der Waals surface area contributed by atoms with Crippen LogP contribution >= 0.6 is 0 Å². The average Bonchev–Trinajstić information content (AvgIpc) is 3.00. The monoisotopic (exact) mass is 384 g/mol. The van der Waals surface area contributed by atoms with Crippen LogP contribution in [0.3, 0.4) is 0 Å². The standard InChI is InChI=1S/C22H28N2O2S/c1-17(23-16-18-13-21(14-18)19-7-3-2-4-8-19)20-9-5-10-22(15-20)24-11-6-12-27(24,25)26/h2-5,7-10,15,17-18,21,23H,6,11-14,16H2,1H3. The van der Waals surface area contributed by atoms with E-state index in [4.69, 9.17) is 0 Å². The van der Waals surface area contributed by atoms with Crippen LogP contribution < -0.4 is 9.62 Å². The molecular weight excluding hydrogens is 356 g/mol. The van der Waals surface area contributed by atoms with Crippen molar-refractivity contribution < 1.29 is 8.42 Å². The van der Waals surface area contributed by atoms with Crippen LogP contribution in [0, 0.1) is 5.92 Å². The Labute approximate surface area is 162 Å². The Hall–Kier alpha value is -1.85. The Morgan fingerprint density at radius 3 is 2.59 bits per heavy atom. The van der Waals surface area contributed by atoms with Gasteiger partial charge in [0.05, 0.1) is 11.4 Å². The highest BCUT2D eigenvalue weighted by Crippen LogP contribution is 2.41. The molecule has 1 aliphatic heterocycles. The highest BCUT2D eigenvalue weighted by molar-refractivity contribution is 7.93. The molecule has 1 unspecified atom stereocenters. The molecule has 4 nitrogen and oxygen atoms in total. The zero-order valence-electron chi connectivity index (χ0n) is 15.8. The second kappa shape index (κ2) is 7.64. The van der Waals surface area contributed by atoms with E-state index in [2.05, 4.69) is 48.6 Å². The first-order valence-corrected chi connectivity index (χ1v) is 11.5. The fraction of sp³-hybridized carbons (Fsp3) is 0.455. The van der Waals surface area contributed by atoms with Crippen molar-refractivity contribution in [1.29, 1.82) is 0 Å². The van der Waals surface area contributed by atoms with Crippen LogP contribution in [0.2, 0.25) is 0 Å². The zero-order valence-corrected chi connectivity index (χ0v) is 16.7. The molecular formula is C22H28N2O2S. The van der Waals surface area contributed by atoms with Crippen molar-refractivity contribution in [2.75, 3.05) is 23.1 Å². The van der Waals surface area contributed by atoms with Gasteiger partial charge in [0.2, 0.25) is 10.0 Å². The Morgan fingerprint density at radius 1 is 1.11 bits per heavy atom. The van der Waals surface area contributed by atoms with Gasteiger partial charge in [0.1, 0.15) is 0 Å². The Kier molecular flexibility index (Phi) is 5.24. The van der Waals surface area contributed by atoms with Crippen LogP contribution in [0.25, 0.3) is 0 Å². The van der Waals surface area contributed by atoms with Crippen molar-refractivity contribution in [3.8, 4) is 0 Å². The predicted octanol–water partition coefficient (Wildman–Crippen LogP) is 4.07. The first-order chi connectivity index (χ1) is 13.0. The zero-order chi connectivity index (χ0) is 18.9. The van der Waals surface area contributed by atoms with Gasteiger partial charge in [-0.15, -0.1) is 0 Å². The minimum atomic E-state index is -3.12. The van der Waals surface area contributed by atoms with E-state index in [0.29, 0.717) is 18.9 Å². The summed E-state index contributed by atoms with van der Waals surface area (Å²) in [5.74, 6) is 1.69. The number of sulfonamides is 1. The molecule has 0 spiro atoms. The van der Waals surface area contributed by atoms with Gasteiger partial charge in [-0.25, -0.2) is 8.42 Å². The third kappa shape index (κ3) is 4.04. The van der Waals surface area contributed by atoms with Gasteiger partial charge < -0.3 is 5.32 Å². The lowest BCUT2D eigenvalue weighted by molar-refractivity contribution is 0.248. The Bertz CT molecular complexity index is 876. The van der Waals surface area contributed by atoms with Crippen LogP contribution in [0.15, 0.2) is 54.6 Å². The summed E-state index contributed by atoms with van der Waals surface area (Å²) in [6, 6.07) is 19.0. The summed E-state index contributed by atoms with van der Waals surface area (Å²) < 4.78 is 25.9. The maximum atomic E-state index is 12.2. The summed E-state index contributed by atoms with van der Waals surface area (Å²) in [5, 5.41) is 3.64. The predicted molar refractivity (Wildman–Crippen MR) is 111 cm³/mol. The van der Waals surface area contributed by atoms with Crippen LogP contribution in [-0.2, 0) is 10.0 Å². The summed E-state index contributed by atoms with van der Waals surface area (Å²) in [6.45, 7) is 3.76. The molecule has 0 aromatic heterocycles. The highest BCUT2D eigenvalue weighted by atomic mass is 32.2. The van der Waals surface area contributed by atoms with Crippen molar-refractivity contribution in [1.82, 2.24) is 5.32 Å². The molecule has 0 bridgehead atoms. The average molecular weight is 385 g/mol. The number of nitrogens with zero attached hydrogens (tertiary/aromatic N) is 1. The molecule has 4 rings (SSSR count). The second-order valence-corrected chi connectivity index (χ2v) is 9.92. The number of hydrogen-bond acceptors (Lipinski definition) is 3. The molecule has 0 radical (unpaired) electrons. The first-order valence-electron chi connectivity index (χ1n) is 9.91. The fourth-order valence-corrected chi connectivity index (χ4v) is 5.80. The SMILES string of the molecule is CC(NCC1CC(c2ccccc2)C1)c1cccc(N2CCCS2(=O)=O)c1.